The molecule has 0 saturated heterocycles. The Bertz CT molecular complexity index is 882. The van der Waals surface area contributed by atoms with Crippen molar-refractivity contribution in [1.82, 2.24) is 10.7 Å². The molecule has 2 N–H and O–H groups in total. The molecule has 166 valence electrons. The first-order chi connectivity index (χ1) is 14.9. The van der Waals surface area contributed by atoms with Crippen molar-refractivity contribution >= 4 is 29.6 Å². The van der Waals surface area contributed by atoms with E-state index in [1.54, 1.807) is 30.5 Å². The van der Waals surface area contributed by atoms with E-state index in [0.29, 0.717) is 23.6 Å². The van der Waals surface area contributed by atoms with Gasteiger partial charge in [-0.25, -0.2) is 5.43 Å². The molecule has 1 unspecified atom stereocenters. The number of nitrogens with one attached hydrogen (secondary N) is 2. The highest BCUT2D eigenvalue weighted by Gasteiger charge is 2.22. The Labute approximate surface area is 189 Å². The molecule has 2 aromatic rings. The van der Waals surface area contributed by atoms with Crippen molar-refractivity contribution in [2.45, 2.75) is 46.1 Å². The number of unbranched alkanes of at least 4 members (excludes halogenated alkanes) is 1. The topological polar surface area (TPSA) is 79.8 Å². The van der Waals surface area contributed by atoms with Gasteiger partial charge in [0.2, 0.25) is 0 Å². The summed E-state index contributed by atoms with van der Waals surface area (Å²) >= 11 is 5.87. The molecule has 0 bridgehead atoms. The summed E-state index contributed by atoms with van der Waals surface area (Å²) in [4.78, 5) is 25.2. The lowest BCUT2D eigenvalue weighted by Crippen LogP contribution is -2.46. The molecule has 2 amide bonds. The molecule has 0 spiro atoms. The van der Waals surface area contributed by atoms with Crippen LogP contribution < -0.4 is 15.5 Å². The summed E-state index contributed by atoms with van der Waals surface area (Å²) in [6, 6.07) is 13.3. The van der Waals surface area contributed by atoms with Gasteiger partial charge in [-0.15, -0.1) is 0 Å². The number of benzene rings is 2. The van der Waals surface area contributed by atoms with E-state index in [2.05, 4.69) is 22.8 Å². The third-order valence-corrected chi connectivity index (χ3v) is 4.70. The van der Waals surface area contributed by atoms with Crippen molar-refractivity contribution in [3.8, 4) is 5.75 Å². The fourth-order valence-electron chi connectivity index (χ4n) is 2.81. The standard InChI is InChI=1S/C24H30ClN3O3/c1-4-5-13-31-21-8-6-7-18(15-21)16-26-28-24(30)22(14-17(2)3)27-23(29)19-9-11-20(25)12-10-19/h6-12,15-17,22H,4-5,13-14H2,1-3H3,(H,27,29)(H,28,30). The highest BCUT2D eigenvalue weighted by atomic mass is 35.5. The number of carbonyl (C=O) groups excluding carboxylic acids is 2. The molecule has 0 radical (unpaired) electrons. The molecule has 1 atom stereocenters. The number of ether oxygens (including phenoxy) is 1. The van der Waals surface area contributed by atoms with E-state index in [-0.39, 0.29) is 17.7 Å². The highest BCUT2D eigenvalue weighted by molar-refractivity contribution is 6.30. The summed E-state index contributed by atoms with van der Waals surface area (Å²) in [5.41, 5.74) is 3.77. The largest absolute Gasteiger partial charge is 0.494 e. The zero-order valence-corrected chi connectivity index (χ0v) is 19.0. The zero-order valence-electron chi connectivity index (χ0n) is 18.2. The molecule has 2 rings (SSSR count). The van der Waals surface area contributed by atoms with E-state index in [4.69, 9.17) is 16.3 Å². The van der Waals surface area contributed by atoms with Crippen LogP contribution in [0.25, 0.3) is 0 Å². The average molecular weight is 444 g/mol. The number of carbonyl (C=O) groups is 2. The molecule has 2 aromatic carbocycles. The fraction of sp³-hybridized carbons (Fsp3) is 0.375. The molecule has 0 fully saturated rings. The number of nitrogens with zero attached hydrogens (tertiary/aromatic N) is 1. The maximum absolute atomic E-state index is 12.6. The van der Waals surface area contributed by atoms with Crippen LogP contribution in [-0.4, -0.2) is 30.7 Å². The molecule has 0 aliphatic rings. The zero-order chi connectivity index (χ0) is 22.6. The van der Waals surface area contributed by atoms with Crippen molar-refractivity contribution in [2.75, 3.05) is 6.61 Å². The number of hydrogen-bond donors (Lipinski definition) is 2. The first kappa shape index (κ1) is 24.4. The van der Waals surface area contributed by atoms with Crippen LogP contribution in [0.1, 0.15) is 56.0 Å². The molecular formula is C24H30ClN3O3. The molecule has 0 aliphatic carbocycles. The summed E-state index contributed by atoms with van der Waals surface area (Å²) in [6.45, 7) is 6.75. The number of halogens is 1. The van der Waals surface area contributed by atoms with Gasteiger partial charge in [-0.2, -0.15) is 5.10 Å². The Kier molecular flexibility index (Phi) is 10.0. The molecule has 0 saturated carbocycles. The first-order valence-corrected chi connectivity index (χ1v) is 10.9. The van der Waals surface area contributed by atoms with Gasteiger partial charge < -0.3 is 10.1 Å². The SMILES string of the molecule is CCCCOc1cccc(C=NNC(=O)C(CC(C)C)NC(=O)c2ccc(Cl)cc2)c1. The number of amides is 2. The van der Waals surface area contributed by atoms with Crippen LogP contribution in [-0.2, 0) is 4.79 Å². The Balaban J connectivity index is 1.98. The van der Waals surface area contributed by atoms with Crippen LogP contribution in [0.3, 0.4) is 0 Å². The lowest BCUT2D eigenvalue weighted by molar-refractivity contribution is -0.123. The Hall–Kier alpha value is -2.86. The summed E-state index contributed by atoms with van der Waals surface area (Å²) in [7, 11) is 0. The maximum Gasteiger partial charge on any atom is 0.262 e. The molecule has 31 heavy (non-hydrogen) atoms. The van der Waals surface area contributed by atoms with Gasteiger partial charge in [0.15, 0.2) is 0 Å². The van der Waals surface area contributed by atoms with E-state index in [1.807, 2.05) is 38.1 Å². The Morgan fingerprint density at radius 1 is 1.16 bits per heavy atom. The molecule has 6 nitrogen and oxygen atoms in total. The van der Waals surface area contributed by atoms with Crippen molar-refractivity contribution in [1.29, 1.82) is 0 Å². The van der Waals surface area contributed by atoms with E-state index < -0.39 is 6.04 Å². The monoisotopic (exact) mass is 443 g/mol. The third-order valence-electron chi connectivity index (χ3n) is 4.45. The van der Waals surface area contributed by atoms with Crippen LogP contribution in [0.15, 0.2) is 53.6 Å². The highest BCUT2D eigenvalue weighted by Crippen LogP contribution is 2.13. The van der Waals surface area contributed by atoms with Crippen LogP contribution in [0.5, 0.6) is 5.75 Å². The number of rotatable bonds is 11. The quantitative estimate of drug-likeness (QED) is 0.297. The van der Waals surface area contributed by atoms with Crippen molar-refractivity contribution < 1.29 is 14.3 Å². The fourth-order valence-corrected chi connectivity index (χ4v) is 2.94. The third kappa shape index (κ3) is 8.80. The van der Waals surface area contributed by atoms with Crippen LogP contribution in [0.2, 0.25) is 5.02 Å². The normalized spacial score (nSPS) is 12.0. The van der Waals surface area contributed by atoms with E-state index >= 15 is 0 Å². The van der Waals surface area contributed by atoms with Crippen LogP contribution in [0.4, 0.5) is 0 Å². The van der Waals surface area contributed by atoms with Crippen molar-refractivity contribution in [2.24, 2.45) is 11.0 Å². The smallest absolute Gasteiger partial charge is 0.262 e. The van der Waals surface area contributed by atoms with Crippen LogP contribution >= 0.6 is 11.6 Å². The lowest BCUT2D eigenvalue weighted by atomic mass is 10.0. The minimum Gasteiger partial charge on any atom is -0.494 e. The lowest BCUT2D eigenvalue weighted by Gasteiger charge is -2.19. The van der Waals surface area contributed by atoms with Gasteiger partial charge in [0.1, 0.15) is 11.8 Å². The summed E-state index contributed by atoms with van der Waals surface area (Å²) in [5, 5.41) is 7.38. The number of hydrazone groups is 1. The average Bonchev–Trinajstić information content (AvgIpc) is 2.74. The molecule has 0 aliphatic heterocycles. The second-order valence-corrected chi connectivity index (χ2v) is 8.11. The maximum atomic E-state index is 12.6. The minimum atomic E-state index is -0.705. The molecule has 0 heterocycles. The van der Waals surface area contributed by atoms with Gasteiger partial charge in [0.25, 0.3) is 11.8 Å². The minimum absolute atomic E-state index is 0.210. The summed E-state index contributed by atoms with van der Waals surface area (Å²) in [6.07, 6.45) is 4.10. The van der Waals surface area contributed by atoms with Crippen molar-refractivity contribution in [3.05, 3.63) is 64.7 Å². The van der Waals surface area contributed by atoms with E-state index in [0.717, 1.165) is 24.2 Å². The molecular weight excluding hydrogens is 414 g/mol. The molecule has 7 heteroatoms. The molecule has 0 aromatic heterocycles. The Morgan fingerprint density at radius 3 is 2.58 bits per heavy atom. The second-order valence-electron chi connectivity index (χ2n) is 7.67. The summed E-state index contributed by atoms with van der Waals surface area (Å²) in [5.74, 6) is 0.264. The number of hydrogen-bond acceptors (Lipinski definition) is 4. The Morgan fingerprint density at radius 2 is 1.90 bits per heavy atom. The van der Waals surface area contributed by atoms with Crippen molar-refractivity contribution in [3.63, 3.8) is 0 Å². The van der Waals surface area contributed by atoms with Gasteiger partial charge >= 0.3 is 0 Å². The predicted molar refractivity (Wildman–Crippen MR) is 125 cm³/mol. The predicted octanol–water partition coefficient (Wildman–Crippen LogP) is 4.81. The first-order valence-electron chi connectivity index (χ1n) is 10.5. The summed E-state index contributed by atoms with van der Waals surface area (Å²) < 4.78 is 5.68. The van der Waals surface area contributed by atoms with E-state index in [1.165, 1.54) is 0 Å². The van der Waals surface area contributed by atoms with E-state index in [9.17, 15) is 9.59 Å². The van der Waals surface area contributed by atoms with Gasteiger partial charge in [-0.3, -0.25) is 9.59 Å². The van der Waals surface area contributed by atoms with Crippen LogP contribution in [0, 0.1) is 5.92 Å². The van der Waals surface area contributed by atoms with Gasteiger partial charge in [0, 0.05) is 10.6 Å². The van der Waals surface area contributed by atoms with Gasteiger partial charge in [0.05, 0.1) is 12.8 Å². The second kappa shape index (κ2) is 12.7. The van der Waals surface area contributed by atoms with Gasteiger partial charge in [-0.05, 0) is 60.7 Å². The van der Waals surface area contributed by atoms with Gasteiger partial charge in [-0.1, -0.05) is 50.9 Å².